The van der Waals surface area contributed by atoms with E-state index in [2.05, 4.69) is 41.0 Å². The van der Waals surface area contributed by atoms with Crippen LogP contribution in [0.4, 0.5) is 31.9 Å². The summed E-state index contributed by atoms with van der Waals surface area (Å²) in [7, 11) is 15.2. The first-order valence-corrected chi connectivity index (χ1v) is 21.8. The molecule has 332 valence electrons. The molecule has 8 rings (SSSR count). The Morgan fingerprint density at radius 1 is 1.11 bits per heavy atom. The quantitative estimate of drug-likeness (QED) is 0.0968. The van der Waals surface area contributed by atoms with Crippen molar-refractivity contribution in [1.82, 2.24) is 49.8 Å². The zero-order chi connectivity index (χ0) is 46.4. The van der Waals surface area contributed by atoms with Crippen molar-refractivity contribution >= 4 is 78.5 Å². The predicted octanol–water partition coefficient (Wildman–Crippen LogP) is 4.52. The van der Waals surface area contributed by atoms with Crippen LogP contribution in [0.3, 0.4) is 0 Å². The Hall–Kier alpha value is -6.67. The second-order valence-electron chi connectivity index (χ2n) is 16.5. The first-order chi connectivity index (χ1) is 31.0. The van der Waals surface area contributed by atoms with E-state index in [0.29, 0.717) is 70.2 Å². The molecule has 3 aromatic carbocycles. The summed E-state index contributed by atoms with van der Waals surface area (Å²) in [4.78, 5) is 38.6. The van der Waals surface area contributed by atoms with E-state index in [-0.39, 0.29) is 52.8 Å². The van der Waals surface area contributed by atoms with Crippen molar-refractivity contribution in [3.05, 3.63) is 90.5 Å². The lowest BCUT2D eigenvalue weighted by Gasteiger charge is -2.55. The molecule has 1 fully saturated rings. The van der Waals surface area contributed by atoms with Gasteiger partial charge in [-0.1, -0.05) is 12.1 Å². The van der Waals surface area contributed by atoms with Gasteiger partial charge in [0.25, 0.3) is 0 Å². The van der Waals surface area contributed by atoms with Crippen molar-refractivity contribution in [2.24, 2.45) is 7.05 Å². The third kappa shape index (κ3) is 8.66. The number of anilines is 4. The van der Waals surface area contributed by atoms with Gasteiger partial charge in [0.05, 0.1) is 50.2 Å². The number of nitrogens with zero attached hydrogens (tertiary/aromatic N) is 10. The first kappa shape index (κ1) is 44.9. The number of halogens is 2. The average Bonchev–Trinajstić information content (AvgIpc) is 4.04. The van der Waals surface area contributed by atoms with E-state index in [4.69, 9.17) is 20.4 Å². The molecular weight excluding hydrogens is 854 g/mol. The minimum atomic E-state index is -1.84. The van der Waals surface area contributed by atoms with Crippen molar-refractivity contribution in [1.29, 1.82) is 0 Å². The minimum Gasteiger partial charge on any atom is -0.485 e. The molecule has 1 atom stereocenters. The molecule has 0 saturated carbocycles. The van der Waals surface area contributed by atoms with Gasteiger partial charge in [0.1, 0.15) is 23.4 Å². The van der Waals surface area contributed by atoms with Gasteiger partial charge in [-0.05, 0) is 81.1 Å². The lowest BCUT2D eigenvalue weighted by atomic mass is 9.55. The fraction of sp³-hybridized carbons (Fsp3) is 0.326. The number of ether oxygens (including phenoxy) is 1. The molecule has 3 N–H and O–H groups in total. The predicted molar refractivity (Wildman–Crippen MR) is 244 cm³/mol. The largest absolute Gasteiger partial charge is 0.485 e. The van der Waals surface area contributed by atoms with Gasteiger partial charge in [-0.2, -0.15) is 19.7 Å². The fourth-order valence-electron chi connectivity index (χ4n) is 8.16. The molecule has 1 unspecified atom stereocenters. The molecule has 7 aromatic rings. The maximum Gasteiger partial charge on any atom is 0.247 e. The molecule has 17 nitrogen and oxygen atoms in total. The van der Waals surface area contributed by atoms with Gasteiger partial charge < -0.3 is 25.2 Å². The van der Waals surface area contributed by atoms with Crippen LogP contribution in [0.1, 0.15) is 39.7 Å². The highest BCUT2D eigenvalue weighted by molar-refractivity contribution is 7.85. The van der Waals surface area contributed by atoms with E-state index in [1.54, 1.807) is 61.9 Å². The third-order valence-electron chi connectivity index (χ3n) is 11.2. The fourth-order valence-corrected chi connectivity index (χ4v) is 9.27. The number of carbonyl (C=O) groups is 2. The van der Waals surface area contributed by atoms with Gasteiger partial charge in [0, 0.05) is 79.2 Å². The monoisotopic (exact) mass is 899 g/mol. The Labute approximate surface area is 378 Å². The number of piperazine rings is 1. The maximum atomic E-state index is 16.5. The van der Waals surface area contributed by atoms with Gasteiger partial charge in [0.2, 0.25) is 23.9 Å². The molecule has 1 aliphatic rings. The van der Waals surface area contributed by atoms with Crippen LogP contribution >= 0.6 is 0 Å². The van der Waals surface area contributed by atoms with Gasteiger partial charge in [0.15, 0.2) is 17.4 Å². The number of H-pyrrole nitrogens is 1. The average molecular weight is 900 g/mol. The molecule has 2 amide bonds. The number of hydrogen-bond acceptors (Lipinski definition) is 12. The van der Waals surface area contributed by atoms with Crippen LogP contribution in [-0.2, 0) is 32.8 Å². The number of nitrogens with one attached hydrogen (secondary N) is 3. The first-order valence-electron chi connectivity index (χ1n) is 20.7. The molecule has 1 aliphatic heterocycles. The molecule has 5 heterocycles. The van der Waals surface area contributed by atoms with Gasteiger partial charge in [-0.25, -0.2) is 18.0 Å². The lowest BCUT2D eigenvalue weighted by Crippen LogP contribution is -2.66. The molecule has 0 bridgehead atoms. The normalized spacial score (nSPS) is 14.8. The smallest absolute Gasteiger partial charge is 0.247 e. The van der Waals surface area contributed by atoms with E-state index in [1.165, 1.54) is 39.6 Å². The molecule has 4 radical (unpaired) electrons. The second kappa shape index (κ2) is 17.7. The van der Waals surface area contributed by atoms with E-state index in [0.717, 1.165) is 0 Å². The Morgan fingerprint density at radius 2 is 1.89 bits per heavy atom. The number of carbonyl (C=O) groups excluding carboxylic acids is 2. The summed E-state index contributed by atoms with van der Waals surface area (Å²) >= 11 is 0. The van der Waals surface area contributed by atoms with Crippen LogP contribution in [0.25, 0.3) is 27.8 Å². The van der Waals surface area contributed by atoms with Crippen LogP contribution in [0.5, 0.6) is 5.75 Å². The summed E-state index contributed by atoms with van der Waals surface area (Å²) in [5, 5.41) is 19.9. The molecule has 1 saturated heterocycles. The molecule has 0 aliphatic carbocycles. The summed E-state index contributed by atoms with van der Waals surface area (Å²) in [6.07, 6.45) is 5.21. The summed E-state index contributed by atoms with van der Waals surface area (Å²) in [6.45, 7) is 8.75. The minimum absolute atomic E-state index is 0.0537. The SMILES string of the molecule is [B]C([B])(c1cccc(S(=O)c2ccc(Nc3nc4c(OC(C)C)c(-c5cn[nH]c5)ncn4n3)c(F)c2)c1)N1CCN(c2ccc3c(N(C=O)CCC(=O)NC)nn(C)c3c2F)CC1(C)C. The number of aromatic nitrogens is 8. The Morgan fingerprint density at radius 3 is 2.58 bits per heavy atom. The van der Waals surface area contributed by atoms with Crippen LogP contribution in [0, 0.1) is 11.6 Å². The number of fused-ring (bicyclic) bond motifs is 2. The zero-order valence-corrected chi connectivity index (χ0v) is 37.4. The highest BCUT2D eigenvalue weighted by Crippen LogP contribution is 2.39. The van der Waals surface area contributed by atoms with Crippen LogP contribution in [0.2, 0.25) is 0 Å². The van der Waals surface area contributed by atoms with Gasteiger partial charge >= 0.3 is 0 Å². The molecule has 0 spiro atoms. The highest BCUT2D eigenvalue weighted by atomic mass is 32.2. The molecule has 22 heteroatoms. The zero-order valence-electron chi connectivity index (χ0n) is 36.5. The van der Waals surface area contributed by atoms with E-state index in [1.807, 2.05) is 37.5 Å². The van der Waals surface area contributed by atoms with Crippen molar-refractivity contribution in [3.8, 4) is 17.0 Å². The van der Waals surface area contributed by atoms with Crippen molar-refractivity contribution in [2.75, 3.05) is 48.3 Å². The van der Waals surface area contributed by atoms with Crippen molar-refractivity contribution in [3.63, 3.8) is 0 Å². The lowest BCUT2D eigenvalue weighted by molar-refractivity contribution is -0.120. The Kier molecular flexibility index (Phi) is 12.2. The summed E-state index contributed by atoms with van der Waals surface area (Å²) in [6, 6.07) is 14.3. The van der Waals surface area contributed by atoms with Crippen LogP contribution in [-0.4, -0.2) is 122 Å². The van der Waals surface area contributed by atoms with E-state index < -0.39 is 33.3 Å². The van der Waals surface area contributed by atoms with Crippen molar-refractivity contribution < 1.29 is 27.3 Å². The summed E-state index contributed by atoms with van der Waals surface area (Å²) in [5.74, 6) is -0.721. The van der Waals surface area contributed by atoms with Crippen LogP contribution in [0.15, 0.2) is 83.1 Å². The standard InChI is InChI=1S/C43H45B2F2N13O4S/c1-25(2)64-38-36(26-20-50-51-21-26)49-23-59-40(38)53-41(55-59)52-32-12-10-29(19-31(32)46)65(63)28-9-7-8-27(18-28)43(44,45)60-17-16-57(22-42(60,3)4)33-13-11-30-37(35(33)47)56(6)54-39(30)58(24-61)15-14-34(62)48-5/h7-13,18-21,23-25H,14-17,22H2,1-6H3,(H,48,62)(H,50,51)(H,52,55). The Balaban J connectivity index is 0.977. The van der Waals surface area contributed by atoms with Gasteiger partial charge in [-0.3, -0.25) is 24.3 Å². The highest BCUT2D eigenvalue weighted by Gasteiger charge is 2.42. The van der Waals surface area contributed by atoms with Gasteiger partial charge in [-0.15, -0.1) is 5.10 Å². The van der Waals surface area contributed by atoms with Crippen molar-refractivity contribution in [2.45, 2.75) is 60.9 Å². The number of aryl methyl sites for hydroxylation is 1. The summed E-state index contributed by atoms with van der Waals surface area (Å²) < 4.78 is 55.1. The number of benzene rings is 3. The topological polar surface area (TPSA) is 184 Å². The number of amides is 2. The van der Waals surface area contributed by atoms with Crippen LogP contribution < -0.4 is 25.2 Å². The molecular formula is C43H45B2F2N13O4S. The van der Waals surface area contributed by atoms with E-state index in [9.17, 15) is 13.8 Å². The Bertz CT molecular complexity index is 2940. The number of aromatic amines is 1. The second-order valence-corrected chi connectivity index (χ2v) is 18.0. The summed E-state index contributed by atoms with van der Waals surface area (Å²) in [5.41, 5.74) is 1.93. The maximum absolute atomic E-state index is 16.5. The number of hydrogen-bond donors (Lipinski definition) is 3. The molecule has 65 heavy (non-hydrogen) atoms. The number of rotatable bonds is 15. The van der Waals surface area contributed by atoms with E-state index >= 15 is 8.78 Å². The third-order valence-corrected chi connectivity index (χ3v) is 12.6. The molecule has 4 aromatic heterocycles.